The molecule has 5 heteroatoms. The van der Waals surface area contributed by atoms with Gasteiger partial charge in [-0.05, 0) is 31.1 Å². The Morgan fingerprint density at radius 2 is 2.14 bits per heavy atom. The molecule has 2 saturated carbocycles. The topological polar surface area (TPSA) is 72.8 Å². The number of carbonyl (C=O) groups is 2. The summed E-state index contributed by atoms with van der Waals surface area (Å²) in [5, 5.41) is 10.8. The van der Waals surface area contributed by atoms with Crippen molar-refractivity contribution in [2.45, 2.75) is 51.4 Å². The number of carbonyl (C=O) groups excluding carboxylic acids is 2. The Balaban J connectivity index is 1.91. The molecule has 1 aliphatic heterocycles. The Morgan fingerprint density at radius 1 is 1.43 bits per heavy atom. The van der Waals surface area contributed by atoms with Crippen LogP contribution in [0.15, 0.2) is 12.2 Å². The van der Waals surface area contributed by atoms with Gasteiger partial charge in [0.1, 0.15) is 12.2 Å². The van der Waals surface area contributed by atoms with E-state index < -0.39 is 12.1 Å². The van der Waals surface area contributed by atoms with Gasteiger partial charge in [-0.1, -0.05) is 13.5 Å². The van der Waals surface area contributed by atoms with Gasteiger partial charge in [-0.25, -0.2) is 4.79 Å². The van der Waals surface area contributed by atoms with E-state index in [1.165, 1.54) is 6.92 Å². The van der Waals surface area contributed by atoms with E-state index in [2.05, 4.69) is 13.5 Å². The van der Waals surface area contributed by atoms with Crippen LogP contribution in [0.1, 0.15) is 33.1 Å². The van der Waals surface area contributed by atoms with E-state index in [-0.39, 0.29) is 30.0 Å². The van der Waals surface area contributed by atoms with Crippen LogP contribution in [-0.2, 0) is 19.1 Å². The smallest absolute Gasteiger partial charge is 0.334 e. The molecule has 0 aromatic heterocycles. The third-order valence-corrected chi connectivity index (χ3v) is 5.45. The van der Waals surface area contributed by atoms with Crippen molar-refractivity contribution >= 4 is 11.9 Å². The number of esters is 2. The lowest BCUT2D eigenvalue weighted by molar-refractivity contribution is -0.151. The van der Waals surface area contributed by atoms with Gasteiger partial charge in [0.15, 0.2) is 0 Å². The standard InChI is InChI=1S/C16H22O5/c1-7-6-12-13(8(2)16(19)21-12)15(18)14-10(7)4-5-11(14)20-9(3)17/h7,10-15,18H,2,4-6H2,1,3H3. The van der Waals surface area contributed by atoms with Crippen molar-refractivity contribution < 1.29 is 24.2 Å². The zero-order valence-corrected chi connectivity index (χ0v) is 12.5. The van der Waals surface area contributed by atoms with Gasteiger partial charge in [0.25, 0.3) is 0 Å². The lowest BCUT2D eigenvalue weighted by Gasteiger charge is -2.31. The zero-order valence-electron chi connectivity index (χ0n) is 12.5. The van der Waals surface area contributed by atoms with Crippen molar-refractivity contribution in [3.63, 3.8) is 0 Å². The molecule has 0 aromatic carbocycles. The summed E-state index contributed by atoms with van der Waals surface area (Å²) < 4.78 is 10.8. The Kier molecular flexibility index (Phi) is 3.56. The van der Waals surface area contributed by atoms with E-state index in [0.717, 1.165) is 19.3 Å². The molecular weight excluding hydrogens is 272 g/mol. The van der Waals surface area contributed by atoms with Crippen LogP contribution in [-0.4, -0.2) is 35.4 Å². The van der Waals surface area contributed by atoms with Crippen LogP contribution in [0.25, 0.3) is 0 Å². The quantitative estimate of drug-likeness (QED) is 0.585. The maximum atomic E-state index is 11.7. The highest BCUT2D eigenvalue weighted by Gasteiger charge is 2.55. The number of hydrogen-bond acceptors (Lipinski definition) is 5. The Morgan fingerprint density at radius 3 is 2.81 bits per heavy atom. The lowest BCUT2D eigenvalue weighted by atomic mass is 9.79. The average Bonchev–Trinajstić information content (AvgIpc) is 2.88. The highest BCUT2D eigenvalue weighted by molar-refractivity contribution is 5.91. The van der Waals surface area contributed by atoms with Gasteiger partial charge in [-0.3, -0.25) is 4.79 Å². The molecule has 0 radical (unpaired) electrons. The van der Waals surface area contributed by atoms with Crippen LogP contribution in [0, 0.1) is 23.7 Å². The summed E-state index contributed by atoms with van der Waals surface area (Å²) in [6.07, 6.45) is 1.14. The second kappa shape index (κ2) is 5.13. The van der Waals surface area contributed by atoms with E-state index in [1.807, 2.05) is 0 Å². The van der Waals surface area contributed by atoms with E-state index in [4.69, 9.17) is 9.47 Å². The predicted octanol–water partition coefficient (Wildman–Crippen LogP) is 1.44. The first-order chi connectivity index (χ1) is 9.90. The summed E-state index contributed by atoms with van der Waals surface area (Å²) in [6.45, 7) is 7.31. The fourth-order valence-corrected chi connectivity index (χ4v) is 4.55. The summed E-state index contributed by atoms with van der Waals surface area (Å²) in [7, 11) is 0. The minimum atomic E-state index is -0.740. The van der Waals surface area contributed by atoms with Crippen LogP contribution in [0.2, 0.25) is 0 Å². The normalized spacial score (nSPS) is 45.6. The number of aliphatic hydroxyl groups excluding tert-OH is 1. The van der Waals surface area contributed by atoms with Gasteiger partial charge >= 0.3 is 11.9 Å². The summed E-state index contributed by atoms with van der Waals surface area (Å²) >= 11 is 0. The first kappa shape index (κ1) is 14.6. The highest BCUT2D eigenvalue weighted by Crippen LogP contribution is 2.50. The van der Waals surface area contributed by atoms with Crippen LogP contribution in [0.5, 0.6) is 0 Å². The molecule has 0 amide bonds. The molecule has 1 heterocycles. The molecule has 1 saturated heterocycles. The fourth-order valence-electron chi connectivity index (χ4n) is 4.55. The molecule has 3 aliphatic rings. The van der Waals surface area contributed by atoms with Gasteiger partial charge in [0.2, 0.25) is 0 Å². The molecule has 3 rings (SSSR count). The second-order valence-electron chi connectivity index (χ2n) is 6.66. The molecular formula is C16H22O5. The lowest BCUT2D eigenvalue weighted by Crippen LogP contribution is -2.40. The number of aliphatic hydroxyl groups is 1. The molecule has 5 nitrogen and oxygen atoms in total. The summed E-state index contributed by atoms with van der Waals surface area (Å²) in [5.74, 6) is -0.618. The molecule has 1 N–H and O–H groups in total. The molecule has 21 heavy (non-hydrogen) atoms. The highest BCUT2D eigenvalue weighted by atomic mass is 16.6. The molecule has 0 spiro atoms. The average molecular weight is 294 g/mol. The number of fused-ring (bicyclic) bond motifs is 2. The second-order valence-corrected chi connectivity index (χ2v) is 6.66. The number of hydrogen-bond donors (Lipinski definition) is 1. The van der Waals surface area contributed by atoms with E-state index in [0.29, 0.717) is 17.4 Å². The molecule has 7 atom stereocenters. The summed E-state index contributed by atoms with van der Waals surface area (Å²) in [6, 6.07) is 0. The molecule has 0 bridgehead atoms. The maximum Gasteiger partial charge on any atom is 0.334 e. The SMILES string of the molecule is C=C1C(=O)OC2CC(C)C3CCC(OC(C)=O)C3C(O)C12. The van der Waals surface area contributed by atoms with E-state index in [9.17, 15) is 14.7 Å². The Labute approximate surface area is 124 Å². The first-order valence-corrected chi connectivity index (χ1v) is 7.65. The molecule has 7 unspecified atom stereocenters. The van der Waals surface area contributed by atoms with E-state index in [1.54, 1.807) is 0 Å². The molecule has 2 aliphatic carbocycles. The first-order valence-electron chi connectivity index (χ1n) is 7.65. The van der Waals surface area contributed by atoms with Gasteiger partial charge in [-0.2, -0.15) is 0 Å². The summed E-state index contributed by atoms with van der Waals surface area (Å²) in [4.78, 5) is 23.0. The summed E-state index contributed by atoms with van der Waals surface area (Å²) in [5.41, 5.74) is 0.355. The molecule has 0 aromatic rings. The van der Waals surface area contributed by atoms with Gasteiger partial charge in [0.05, 0.1) is 12.0 Å². The van der Waals surface area contributed by atoms with E-state index >= 15 is 0 Å². The van der Waals surface area contributed by atoms with Gasteiger partial charge in [-0.15, -0.1) is 0 Å². The van der Waals surface area contributed by atoms with Crippen molar-refractivity contribution in [2.24, 2.45) is 23.7 Å². The van der Waals surface area contributed by atoms with Crippen molar-refractivity contribution in [3.05, 3.63) is 12.2 Å². The van der Waals surface area contributed by atoms with Crippen LogP contribution < -0.4 is 0 Å². The van der Waals surface area contributed by atoms with Crippen molar-refractivity contribution in [1.29, 1.82) is 0 Å². The number of rotatable bonds is 1. The van der Waals surface area contributed by atoms with Gasteiger partial charge in [0, 0.05) is 18.4 Å². The van der Waals surface area contributed by atoms with Crippen molar-refractivity contribution in [1.82, 2.24) is 0 Å². The largest absolute Gasteiger partial charge is 0.462 e. The monoisotopic (exact) mass is 294 g/mol. The fraction of sp³-hybridized carbons (Fsp3) is 0.750. The minimum Gasteiger partial charge on any atom is -0.462 e. The van der Waals surface area contributed by atoms with Crippen LogP contribution >= 0.6 is 0 Å². The van der Waals surface area contributed by atoms with Crippen molar-refractivity contribution in [2.75, 3.05) is 0 Å². The Hall–Kier alpha value is -1.36. The molecule has 3 fully saturated rings. The van der Waals surface area contributed by atoms with Crippen molar-refractivity contribution in [3.8, 4) is 0 Å². The Bertz CT molecular complexity index is 485. The third-order valence-electron chi connectivity index (χ3n) is 5.45. The zero-order chi connectivity index (χ0) is 15.3. The minimum absolute atomic E-state index is 0.134. The maximum absolute atomic E-state index is 11.7. The predicted molar refractivity (Wildman–Crippen MR) is 74.1 cm³/mol. The third kappa shape index (κ3) is 2.27. The van der Waals surface area contributed by atoms with Gasteiger partial charge < -0.3 is 14.6 Å². The van der Waals surface area contributed by atoms with Crippen LogP contribution in [0.4, 0.5) is 0 Å². The molecule has 116 valence electrons. The number of ether oxygens (including phenoxy) is 2. The van der Waals surface area contributed by atoms with Crippen LogP contribution in [0.3, 0.4) is 0 Å².